The molecule has 0 fully saturated rings. The first-order valence-electron chi connectivity index (χ1n) is 6.95. The molecule has 1 aromatic heterocycles. The van der Waals surface area contributed by atoms with Crippen LogP contribution in [-0.4, -0.2) is 12.5 Å². The Morgan fingerprint density at radius 2 is 2.24 bits per heavy atom. The first-order chi connectivity index (χ1) is 10.2. The molecule has 0 aliphatic carbocycles. The maximum Gasteiger partial charge on any atom is 0.248 e. The molecule has 1 aromatic carbocycles. The minimum atomic E-state index is -0.131. The van der Waals surface area contributed by atoms with E-state index in [0.29, 0.717) is 6.61 Å². The predicted molar refractivity (Wildman–Crippen MR) is 88.9 cm³/mol. The lowest BCUT2D eigenvalue weighted by atomic mass is 10.2. The number of thiophene rings is 1. The molecule has 4 heteroatoms. The van der Waals surface area contributed by atoms with Gasteiger partial charge in [-0.05, 0) is 54.6 Å². The summed E-state index contributed by atoms with van der Waals surface area (Å²) in [4.78, 5) is 13.0. The van der Waals surface area contributed by atoms with Crippen molar-refractivity contribution in [2.24, 2.45) is 0 Å². The molecule has 0 atom stereocenters. The van der Waals surface area contributed by atoms with Gasteiger partial charge < -0.3 is 10.1 Å². The number of nitrogens with one attached hydrogen (secondary N) is 1. The Labute approximate surface area is 129 Å². The number of carbonyl (C=O) groups excluding carboxylic acids is 1. The average Bonchev–Trinajstić information content (AvgIpc) is 2.99. The molecule has 0 spiro atoms. The summed E-state index contributed by atoms with van der Waals surface area (Å²) in [7, 11) is 0. The van der Waals surface area contributed by atoms with Crippen molar-refractivity contribution in [1.82, 2.24) is 0 Å². The summed E-state index contributed by atoms with van der Waals surface area (Å²) in [5.74, 6) is 0.704. The molecule has 0 saturated carbocycles. The number of aryl methyl sites for hydroxylation is 1. The van der Waals surface area contributed by atoms with E-state index in [1.165, 1.54) is 0 Å². The molecule has 2 aromatic rings. The van der Waals surface area contributed by atoms with E-state index in [9.17, 15) is 4.79 Å². The fourth-order valence-corrected chi connectivity index (χ4v) is 2.42. The Balaban J connectivity index is 1.97. The van der Waals surface area contributed by atoms with E-state index in [-0.39, 0.29) is 5.91 Å². The van der Waals surface area contributed by atoms with Crippen molar-refractivity contribution < 1.29 is 9.53 Å². The number of ether oxygens (including phenoxy) is 1. The third kappa shape index (κ3) is 4.76. The highest BCUT2D eigenvalue weighted by atomic mass is 32.1. The second-order valence-electron chi connectivity index (χ2n) is 4.66. The quantitative estimate of drug-likeness (QED) is 0.798. The van der Waals surface area contributed by atoms with Crippen LogP contribution >= 0.6 is 11.3 Å². The third-order valence-electron chi connectivity index (χ3n) is 2.87. The summed E-state index contributed by atoms with van der Waals surface area (Å²) in [5, 5.41) is 4.86. The number of rotatable bonds is 6. The summed E-state index contributed by atoms with van der Waals surface area (Å²) in [6, 6.07) is 9.62. The van der Waals surface area contributed by atoms with Crippen LogP contribution in [0.5, 0.6) is 5.75 Å². The summed E-state index contributed by atoms with van der Waals surface area (Å²) < 4.78 is 5.57. The molecule has 1 heterocycles. The van der Waals surface area contributed by atoms with E-state index in [1.54, 1.807) is 17.4 Å². The molecule has 3 nitrogen and oxygen atoms in total. The Kier molecular flexibility index (Phi) is 5.58. The Bertz CT molecular complexity index is 618. The zero-order valence-corrected chi connectivity index (χ0v) is 13.1. The molecular weight excluding hydrogens is 282 g/mol. The highest BCUT2D eigenvalue weighted by Crippen LogP contribution is 2.21. The Morgan fingerprint density at radius 3 is 2.90 bits per heavy atom. The molecule has 1 N–H and O–H groups in total. The first kappa shape index (κ1) is 15.3. The smallest absolute Gasteiger partial charge is 0.248 e. The Morgan fingerprint density at radius 1 is 1.38 bits per heavy atom. The maximum absolute atomic E-state index is 11.9. The largest absolute Gasteiger partial charge is 0.494 e. The molecule has 2 rings (SSSR count). The van der Waals surface area contributed by atoms with Gasteiger partial charge >= 0.3 is 0 Å². The van der Waals surface area contributed by atoms with Gasteiger partial charge in [0.25, 0.3) is 0 Å². The van der Waals surface area contributed by atoms with E-state index >= 15 is 0 Å². The minimum Gasteiger partial charge on any atom is -0.494 e. The van der Waals surface area contributed by atoms with Crippen LogP contribution in [0.4, 0.5) is 5.69 Å². The van der Waals surface area contributed by atoms with Gasteiger partial charge in [0.2, 0.25) is 5.91 Å². The van der Waals surface area contributed by atoms with Crippen molar-refractivity contribution in [3.05, 3.63) is 52.2 Å². The lowest BCUT2D eigenvalue weighted by Gasteiger charge is -2.10. The molecule has 0 radical (unpaired) electrons. The number of hydrogen-bond acceptors (Lipinski definition) is 3. The van der Waals surface area contributed by atoms with E-state index in [1.807, 2.05) is 48.7 Å². The van der Waals surface area contributed by atoms with Gasteiger partial charge in [0.1, 0.15) is 5.75 Å². The second kappa shape index (κ2) is 7.64. The Hall–Kier alpha value is -2.07. The maximum atomic E-state index is 11.9. The zero-order chi connectivity index (χ0) is 15.1. The fraction of sp³-hybridized carbons (Fsp3) is 0.235. The van der Waals surface area contributed by atoms with Crippen LogP contribution in [0, 0.1) is 6.92 Å². The molecule has 0 saturated heterocycles. The van der Waals surface area contributed by atoms with Gasteiger partial charge in [-0.15, -0.1) is 11.3 Å². The minimum absolute atomic E-state index is 0.131. The zero-order valence-electron chi connectivity index (χ0n) is 12.3. The van der Waals surface area contributed by atoms with E-state index in [2.05, 4.69) is 12.2 Å². The molecule has 1 amide bonds. The van der Waals surface area contributed by atoms with Crippen LogP contribution in [-0.2, 0) is 4.79 Å². The van der Waals surface area contributed by atoms with Gasteiger partial charge in [0.15, 0.2) is 0 Å². The molecule has 110 valence electrons. The summed E-state index contributed by atoms with van der Waals surface area (Å²) in [5.41, 5.74) is 1.79. The SMILES string of the molecule is CCCOc1ccc(NC(=O)/C=C/c2cccs2)c(C)c1. The van der Waals surface area contributed by atoms with E-state index in [0.717, 1.165) is 28.3 Å². The number of carbonyl (C=O) groups is 1. The van der Waals surface area contributed by atoms with Crippen molar-refractivity contribution in [2.75, 3.05) is 11.9 Å². The monoisotopic (exact) mass is 301 g/mol. The van der Waals surface area contributed by atoms with E-state index in [4.69, 9.17) is 4.74 Å². The molecule has 0 aliphatic heterocycles. The summed E-state index contributed by atoms with van der Waals surface area (Å²) in [6.07, 6.45) is 4.34. The lowest BCUT2D eigenvalue weighted by molar-refractivity contribution is -0.111. The van der Waals surface area contributed by atoms with Crippen LogP contribution in [0.2, 0.25) is 0 Å². The number of hydrogen-bond donors (Lipinski definition) is 1. The third-order valence-corrected chi connectivity index (χ3v) is 3.71. The molecule has 0 unspecified atom stereocenters. The van der Waals surface area contributed by atoms with Gasteiger partial charge in [-0.3, -0.25) is 4.79 Å². The van der Waals surface area contributed by atoms with Crippen LogP contribution < -0.4 is 10.1 Å². The van der Waals surface area contributed by atoms with Gasteiger partial charge in [-0.2, -0.15) is 0 Å². The summed E-state index contributed by atoms with van der Waals surface area (Å²) in [6.45, 7) is 4.73. The first-order valence-corrected chi connectivity index (χ1v) is 7.83. The van der Waals surface area contributed by atoms with Crippen LogP contribution in [0.25, 0.3) is 6.08 Å². The highest BCUT2D eigenvalue weighted by molar-refractivity contribution is 7.10. The topological polar surface area (TPSA) is 38.3 Å². The second-order valence-corrected chi connectivity index (χ2v) is 5.64. The average molecular weight is 301 g/mol. The van der Waals surface area contributed by atoms with Gasteiger partial charge in [-0.25, -0.2) is 0 Å². The van der Waals surface area contributed by atoms with Crippen molar-refractivity contribution >= 4 is 29.0 Å². The fourth-order valence-electron chi connectivity index (χ4n) is 1.80. The molecule has 0 bridgehead atoms. The molecule has 0 aliphatic rings. The van der Waals surface area contributed by atoms with Crippen molar-refractivity contribution in [3.8, 4) is 5.75 Å². The van der Waals surface area contributed by atoms with E-state index < -0.39 is 0 Å². The highest BCUT2D eigenvalue weighted by Gasteiger charge is 2.03. The predicted octanol–water partition coefficient (Wildman–Crippen LogP) is 4.50. The number of benzene rings is 1. The van der Waals surface area contributed by atoms with Crippen LogP contribution in [0.15, 0.2) is 41.8 Å². The standard InChI is InChI=1S/C17H19NO2S/c1-3-10-20-14-6-8-16(13(2)12-14)18-17(19)9-7-15-5-4-11-21-15/h4-9,11-12H,3,10H2,1-2H3,(H,18,19)/b9-7+. The van der Waals surface area contributed by atoms with Crippen molar-refractivity contribution in [1.29, 1.82) is 0 Å². The van der Waals surface area contributed by atoms with Crippen molar-refractivity contribution in [2.45, 2.75) is 20.3 Å². The molecule has 21 heavy (non-hydrogen) atoms. The summed E-state index contributed by atoms with van der Waals surface area (Å²) >= 11 is 1.60. The van der Waals surface area contributed by atoms with Crippen molar-refractivity contribution in [3.63, 3.8) is 0 Å². The van der Waals surface area contributed by atoms with Gasteiger partial charge in [0.05, 0.1) is 6.61 Å². The van der Waals surface area contributed by atoms with Gasteiger partial charge in [-0.1, -0.05) is 13.0 Å². The van der Waals surface area contributed by atoms with Crippen LogP contribution in [0.3, 0.4) is 0 Å². The molecular formula is C17H19NO2S. The normalized spacial score (nSPS) is 10.8. The number of amides is 1. The van der Waals surface area contributed by atoms with Crippen LogP contribution in [0.1, 0.15) is 23.8 Å². The van der Waals surface area contributed by atoms with Gasteiger partial charge in [0, 0.05) is 16.6 Å². The lowest BCUT2D eigenvalue weighted by Crippen LogP contribution is -2.09. The number of anilines is 1.